The van der Waals surface area contributed by atoms with Gasteiger partial charge in [0.25, 0.3) is 0 Å². The lowest BCUT2D eigenvalue weighted by atomic mass is 9.89. The van der Waals surface area contributed by atoms with E-state index in [1.807, 2.05) is 18.6 Å². The van der Waals surface area contributed by atoms with Gasteiger partial charge in [0.05, 0.1) is 18.7 Å². The van der Waals surface area contributed by atoms with E-state index in [0.717, 1.165) is 54.9 Å². The monoisotopic (exact) mass is 410 g/mol. The van der Waals surface area contributed by atoms with Gasteiger partial charge in [0.15, 0.2) is 0 Å². The molecule has 0 amide bonds. The third-order valence-electron chi connectivity index (χ3n) is 6.10. The number of pyridine rings is 1. The van der Waals surface area contributed by atoms with Crippen LogP contribution in [-0.4, -0.2) is 46.2 Å². The summed E-state index contributed by atoms with van der Waals surface area (Å²) in [5.74, 6) is 0. The van der Waals surface area contributed by atoms with E-state index in [2.05, 4.69) is 70.1 Å². The van der Waals surface area contributed by atoms with Crippen LogP contribution in [-0.2, 0) is 11.3 Å². The van der Waals surface area contributed by atoms with Crippen molar-refractivity contribution in [3.05, 3.63) is 78.0 Å². The Balaban J connectivity index is 1.55. The van der Waals surface area contributed by atoms with Crippen LogP contribution in [0.4, 0.5) is 0 Å². The Hall–Kier alpha value is -3.15. The summed E-state index contributed by atoms with van der Waals surface area (Å²) in [5, 5.41) is 1.16. The zero-order chi connectivity index (χ0) is 21.2. The van der Waals surface area contributed by atoms with Gasteiger partial charge in [-0.15, -0.1) is 0 Å². The highest BCUT2D eigenvalue weighted by Gasteiger charge is 2.15. The molecule has 2 aromatic carbocycles. The van der Waals surface area contributed by atoms with Gasteiger partial charge in [0, 0.05) is 49.2 Å². The lowest BCUT2D eigenvalue weighted by Gasteiger charge is -2.26. The first-order chi connectivity index (χ1) is 15.2. The highest BCUT2D eigenvalue weighted by Crippen LogP contribution is 2.37. The number of aromatic nitrogens is 3. The summed E-state index contributed by atoms with van der Waals surface area (Å²) in [6, 6.07) is 13.2. The van der Waals surface area contributed by atoms with Crippen LogP contribution < -0.4 is 0 Å². The molecule has 156 valence electrons. The van der Waals surface area contributed by atoms with Gasteiger partial charge in [-0.25, -0.2) is 9.97 Å². The van der Waals surface area contributed by atoms with Crippen LogP contribution in [0.5, 0.6) is 0 Å². The topological polar surface area (TPSA) is 51.1 Å². The van der Waals surface area contributed by atoms with E-state index in [-0.39, 0.29) is 0 Å². The Morgan fingerprint density at radius 3 is 2.42 bits per heavy atom. The van der Waals surface area contributed by atoms with Gasteiger partial charge in [-0.1, -0.05) is 24.3 Å². The standard InChI is InChI=1S/C26H26N4O/c1-18-13-24-26(23(7-8-29-24)22-14-27-17-28-15-22)19(2)25(18)21-5-3-20(4-6-21)16-30-9-11-31-12-10-30/h3-8,13-15,17H,9-12,16H2,1-2H3. The van der Waals surface area contributed by atoms with Crippen molar-refractivity contribution in [2.45, 2.75) is 20.4 Å². The molecule has 5 heteroatoms. The SMILES string of the molecule is Cc1cc2nccc(-c3cncnc3)c2c(C)c1-c1ccc(CN2CCOCC2)cc1. The second-order valence-electron chi connectivity index (χ2n) is 8.16. The lowest BCUT2D eigenvalue weighted by Crippen LogP contribution is -2.35. The molecular formula is C26H26N4O. The second-order valence-corrected chi connectivity index (χ2v) is 8.16. The van der Waals surface area contributed by atoms with E-state index in [1.165, 1.54) is 27.8 Å². The zero-order valence-corrected chi connectivity index (χ0v) is 18.0. The number of aryl methyl sites for hydroxylation is 2. The van der Waals surface area contributed by atoms with Crippen molar-refractivity contribution < 1.29 is 4.74 Å². The molecule has 3 heterocycles. The van der Waals surface area contributed by atoms with E-state index < -0.39 is 0 Å². The average molecular weight is 411 g/mol. The van der Waals surface area contributed by atoms with Gasteiger partial charge in [-0.05, 0) is 59.4 Å². The smallest absolute Gasteiger partial charge is 0.115 e. The van der Waals surface area contributed by atoms with E-state index in [0.29, 0.717) is 0 Å². The first kappa shape index (κ1) is 19.8. The third-order valence-corrected chi connectivity index (χ3v) is 6.10. The Kier molecular flexibility index (Phi) is 5.45. The molecule has 0 unspecified atom stereocenters. The lowest BCUT2D eigenvalue weighted by molar-refractivity contribution is 0.0342. The molecule has 0 bridgehead atoms. The number of ether oxygens (including phenoxy) is 1. The number of nitrogens with zero attached hydrogens (tertiary/aromatic N) is 4. The maximum atomic E-state index is 5.46. The maximum absolute atomic E-state index is 5.46. The molecular weight excluding hydrogens is 384 g/mol. The van der Waals surface area contributed by atoms with Crippen LogP contribution >= 0.6 is 0 Å². The van der Waals surface area contributed by atoms with E-state index >= 15 is 0 Å². The molecule has 0 spiro atoms. The molecule has 1 saturated heterocycles. The van der Waals surface area contributed by atoms with Gasteiger partial charge >= 0.3 is 0 Å². The highest BCUT2D eigenvalue weighted by molar-refractivity contribution is 6.00. The fourth-order valence-corrected chi connectivity index (χ4v) is 4.60. The fraction of sp³-hybridized carbons (Fsp3) is 0.269. The molecule has 0 aliphatic carbocycles. The van der Waals surface area contributed by atoms with Gasteiger partial charge < -0.3 is 4.74 Å². The number of hydrogen-bond donors (Lipinski definition) is 0. The first-order valence-electron chi connectivity index (χ1n) is 10.7. The molecule has 0 saturated carbocycles. The van der Waals surface area contributed by atoms with Gasteiger partial charge in [0.1, 0.15) is 6.33 Å². The van der Waals surface area contributed by atoms with Crippen molar-refractivity contribution in [2.24, 2.45) is 0 Å². The van der Waals surface area contributed by atoms with Crippen LogP contribution in [0.2, 0.25) is 0 Å². The second kappa shape index (κ2) is 8.53. The average Bonchev–Trinajstić information content (AvgIpc) is 2.81. The Bertz CT molecular complexity index is 1200. The molecule has 2 aromatic heterocycles. The molecule has 5 rings (SSSR count). The van der Waals surface area contributed by atoms with E-state index in [9.17, 15) is 0 Å². The van der Waals surface area contributed by atoms with Crippen molar-refractivity contribution in [1.29, 1.82) is 0 Å². The minimum Gasteiger partial charge on any atom is -0.379 e. The molecule has 1 aliphatic rings. The summed E-state index contributed by atoms with van der Waals surface area (Å²) in [6.07, 6.45) is 7.15. The van der Waals surface area contributed by atoms with Crippen molar-refractivity contribution in [3.8, 4) is 22.3 Å². The fourth-order valence-electron chi connectivity index (χ4n) is 4.60. The van der Waals surface area contributed by atoms with Gasteiger partial charge in [-0.3, -0.25) is 9.88 Å². The minimum absolute atomic E-state index is 0.830. The molecule has 0 N–H and O–H groups in total. The Morgan fingerprint density at radius 2 is 1.68 bits per heavy atom. The third kappa shape index (κ3) is 3.94. The summed E-state index contributed by atoms with van der Waals surface area (Å²) in [6.45, 7) is 9.01. The molecule has 1 aliphatic heterocycles. The number of benzene rings is 2. The molecule has 0 radical (unpaired) electrons. The van der Waals surface area contributed by atoms with Crippen molar-refractivity contribution in [1.82, 2.24) is 19.9 Å². The molecule has 1 fully saturated rings. The number of rotatable bonds is 4. The van der Waals surface area contributed by atoms with E-state index in [1.54, 1.807) is 6.33 Å². The van der Waals surface area contributed by atoms with Crippen LogP contribution in [0, 0.1) is 13.8 Å². The van der Waals surface area contributed by atoms with Crippen molar-refractivity contribution in [2.75, 3.05) is 26.3 Å². The van der Waals surface area contributed by atoms with Gasteiger partial charge in [0.2, 0.25) is 0 Å². The van der Waals surface area contributed by atoms with Crippen LogP contribution in [0.25, 0.3) is 33.2 Å². The summed E-state index contributed by atoms with van der Waals surface area (Å²) >= 11 is 0. The number of fused-ring (bicyclic) bond motifs is 1. The van der Waals surface area contributed by atoms with Crippen LogP contribution in [0.3, 0.4) is 0 Å². The van der Waals surface area contributed by atoms with Crippen molar-refractivity contribution in [3.63, 3.8) is 0 Å². The number of hydrogen-bond acceptors (Lipinski definition) is 5. The largest absolute Gasteiger partial charge is 0.379 e. The highest BCUT2D eigenvalue weighted by atomic mass is 16.5. The Labute approximate surface area is 182 Å². The van der Waals surface area contributed by atoms with Crippen LogP contribution in [0.1, 0.15) is 16.7 Å². The number of morpholine rings is 1. The minimum atomic E-state index is 0.830. The molecule has 31 heavy (non-hydrogen) atoms. The summed E-state index contributed by atoms with van der Waals surface area (Å²) in [5.41, 5.74) is 9.46. The quantitative estimate of drug-likeness (QED) is 0.483. The molecule has 5 nitrogen and oxygen atoms in total. The molecule has 0 atom stereocenters. The summed E-state index contributed by atoms with van der Waals surface area (Å²) < 4.78 is 5.46. The predicted octanol–water partition coefficient (Wildman–Crippen LogP) is 4.81. The predicted molar refractivity (Wildman–Crippen MR) is 124 cm³/mol. The summed E-state index contributed by atoms with van der Waals surface area (Å²) in [4.78, 5) is 15.5. The Morgan fingerprint density at radius 1 is 0.935 bits per heavy atom. The molecule has 4 aromatic rings. The zero-order valence-electron chi connectivity index (χ0n) is 18.0. The van der Waals surface area contributed by atoms with E-state index in [4.69, 9.17) is 4.74 Å². The van der Waals surface area contributed by atoms with Crippen molar-refractivity contribution >= 4 is 10.9 Å². The summed E-state index contributed by atoms with van der Waals surface area (Å²) in [7, 11) is 0. The normalized spacial score (nSPS) is 14.8. The van der Waals surface area contributed by atoms with Crippen LogP contribution in [0.15, 0.2) is 61.3 Å². The first-order valence-corrected chi connectivity index (χ1v) is 10.7. The van der Waals surface area contributed by atoms with Gasteiger partial charge in [-0.2, -0.15) is 0 Å². The maximum Gasteiger partial charge on any atom is 0.115 e.